The van der Waals surface area contributed by atoms with Crippen molar-refractivity contribution < 1.29 is 27.5 Å². The van der Waals surface area contributed by atoms with Gasteiger partial charge in [0, 0.05) is 25.0 Å². The number of hydrogen-bond donors (Lipinski definition) is 3. The number of carbonyl (C=O) groups excluding carboxylic acids is 2. The highest BCUT2D eigenvalue weighted by Crippen LogP contribution is 2.22. The Morgan fingerprint density at radius 2 is 1.90 bits per heavy atom. The Bertz CT molecular complexity index is 1200. The summed E-state index contributed by atoms with van der Waals surface area (Å²) in [5, 5.41) is 17.9. The maximum Gasteiger partial charge on any atom is 0.422 e. The number of nitrogens with one attached hydrogen (secondary N) is 3. The maximum atomic E-state index is 12.7. The number of alkyl halides is 3. The third-order valence-electron chi connectivity index (χ3n) is 6.22. The number of amides is 2. The van der Waals surface area contributed by atoms with Gasteiger partial charge >= 0.3 is 12.3 Å². The minimum atomic E-state index is -4.60. The molecule has 1 aliphatic rings. The number of pyridine rings is 2. The van der Waals surface area contributed by atoms with Gasteiger partial charge in [-0.3, -0.25) is 9.78 Å². The third-order valence-corrected chi connectivity index (χ3v) is 6.22. The smallest absolute Gasteiger partial charge is 0.422 e. The third kappa shape index (κ3) is 10.4. The van der Waals surface area contributed by atoms with E-state index in [1.165, 1.54) is 25.1 Å². The number of hydrogen-bond acceptors (Lipinski definition) is 7. The molecule has 0 aromatic carbocycles. The van der Waals surface area contributed by atoms with Crippen LogP contribution >= 0.6 is 0 Å². The second-order valence-corrected chi connectivity index (χ2v) is 9.65. The predicted molar refractivity (Wildman–Crippen MR) is 147 cm³/mol. The van der Waals surface area contributed by atoms with Crippen molar-refractivity contribution in [2.45, 2.75) is 72.5 Å². The summed E-state index contributed by atoms with van der Waals surface area (Å²) in [6.45, 7) is 6.45. The average molecular weight is 563 g/mol. The fourth-order valence-corrected chi connectivity index (χ4v) is 3.69. The molecule has 0 saturated heterocycles. The van der Waals surface area contributed by atoms with Gasteiger partial charge < -0.3 is 25.8 Å². The molecule has 1 atom stereocenters. The molecule has 218 valence electrons. The minimum Gasteiger partial charge on any atom is -0.440 e. The summed E-state index contributed by atoms with van der Waals surface area (Å²) in [5.74, 6) is -0.242. The van der Waals surface area contributed by atoms with Crippen molar-refractivity contribution in [3.05, 3.63) is 53.0 Å². The normalized spacial score (nSPS) is 13.3. The molecule has 1 unspecified atom stereocenters. The van der Waals surface area contributed by atoms with Gasteiger partial charge in [-0.15, -0.1) is 0 Å². The lowest BCUT2D eigenvalue weighted by Gasteiger charge is -2.28. The summed E-state index contributed by atoms with van der Waals surface area (Å²) >= 11 is 0. The number of rotatable bonds is 9. The van der Waals surface area contributed by atoms with Gasteiger partial charge in [0.2, 0.25) is 0 Å². The molecule has 3 heterocycles. The van der Waals surface area contributed by atoms with Gasteiger partial charge in [0.25, 0.3) is 5.91 Å². The molecule has 0 saturated carbocycles. The largest absolute Gasteiger partial charge is 0.440 e. The van der Waals surface area contributed by atoms with E-state index in [0.29, 0.717) is 23.4 Å². The quantitative estimate of drug-likeness (QED) is 0.304. The molecule has 3 N–H and O–H groups in total. The average Bonchev–Trinajstić information content (AvgIpc) is 2.93. The molecule has 0 aliphatic carbocycles. The zero-order valence-corrected chi connectivity index (χ0v) is 23.3. The molecular weight excluding hydrogens is 525 g/mol. The van der Waals surface area contributed by atoms with Crippen LogP contribution in [-0.4, -0.2) is 57.6 Å². The van der Waals surface area contributed by atoms with Crippen molar-refractivity contribution >= 4 is 29.2 Å². The van der Waals surface area contributed by atoms with E-state index >= 15 is 0 Å². The summed E-state index contributed by atoms with van der Waals surface area (Å²) in [4.78, 5) is 34.3. The van der Waals surface area contributed by atoms with Crippen LogP contribution in [0.15, 0.2) is 30.5 Å². The number of anilines is 1. The first-order valence-electron chi connectivity index (χ1n) is 13.2. The second kappa shape index (κ2) is 15.1. The van der Waals surface area contributed by atoms with E-state index < -0.39 is 24.8 Å². The van der Waals surface area contributed by atoms with Crippen LogP contribution in [0.3, 0.4) is 0 Å². The molecule has 2 amide bonds. The Kier molecular flexibility index (Phi) is 12.2. The Labute approximate surface area is 232 Å². The number of fused-ring (bicyclic) bond motifs is 1. The van der Waals surface area contributed by atoms with E-state index in [2.05, 4.69) is 26.9 Å². The lowest BCUT2D eigenvalue weighted by Crippen LogP contribution is -2.38. The molecule has 3 rings (SSSR count). The first-order valence-corrected chi connectivity index (χ1v) is 13.2. The highest BCUT2D eigenvalue weighted by molar-refractivity contribution is 6.03. The summed E-state index contributed by atoms with van der Waals surface area (Å²) in [6.07, 6.45) is 0.388. The molecule has 0 radical (unpaired) electrons. The van der Waals surface area contributed by atoms with E-state index in [9.17, 15) is 22.8 Å². The standard InChI is InChI=1S/C22H24F3N5O3.C6H13N/c1-3-13(2)19(26)16-5-4-6-18(28-16)29-20(31)17-9-15-11-30(8-7-14(15)10-27-17)21(32)33-12-22(23,24)25;1-3-4-5-6(2)7/h4-6,9-10,13,26H,3,7-8,11-12H2,1-2H3,(H,28,29,31);7H,3-5H2,1-2H3. The molecular formula is C28H37F3N6O3. The van der Waals surface area contributed by atoms with Crippen molar-refractivity contribution in [1.82, 2.24) is 14.9 Å². The van der Waals surface area contributed by atoms with E-state index in [1.54, 1.807) is 18.2 Å². The van der Waals surface area contributed by atoms with Crippen molar-refractivity contribution in [2.75, 3.05) is 18.5 Å². The topological polar surface area (TPSA) is 132 Å². The minimum absolute atomic E-state index is 0.00856. The van der Waals surface area contributed by atoms with Crippen LogP contribution in [0.2, 0.25) is 0 Å². The SMILES string of the molecule is CCC(C)C(=N)c1cccc(NC(=O)c2cc3c(cn2)CCN(C(=O)OCC(F)(F)F)C3)n1.CCCCC(C)=N. The second-order valence-electron chi connectivity index (χ2n) is 9.65. The lowest BCUT2D eigenvalue weighted by atomic mass is 10.00. The van der Waals surface area contributed by atoms with Crippen LogP contribution in [0.5, 0.6) is 0 Å². The first kappa shape index (κ1) is 32.4. The Morgan fingerprint density at radius 3 is 2.50 bits per heavy atom. The summed E-state index contributed by atoms with van der Waals surface area (Å²) in [7, 11) is 0. The molecule has 0 fully saturated rings. The number of halogens is 3. The van der Waals surface area contributed by atoms with Gasteiger partial charge in [0.15, 0.2) is 6.61 Å². The number of carbonyl (C=O) groups is 2. The summed E-state index contributed by atoms with van der Waals surface area (Å²) in [5.41, 5.74) is 3.12. The van der Waals surface area contributed by atoms with E-state index in [1.807, 2.05) is 20.8 Å². The van der Waals surface area contributed by atoms with Crippen molar-refractivity contribution in [2.24, 2.45) is 5.92 Å². The Hall–Kier alpha value is -3.83. The molecule has 9 nitrogen and oxygen atoms in total. The maximum absolute atomic E-state index is 12.7. The zero-order valence-electron chi connectivity index (χ0n) is 23.3. The van der Waals surface area contributed by atoms with Gasteiger partial charge in [-0.05, 0) is 67.9 Å². The van der Waals surface area contributed by atoms with Gasteiger partial charge in [-0.2, -0.15) is 13.2 Å². The molecule has 40 heavy (non-hydrogen) atoms. The van der Waals surface area contributed by atoms with Crippen LogP contribution in [0.1, 0.15) is 80.7 Å². The number of ether oxygens (including phenoxy) is 1. The molecule has 12 heteroatoms. The molecule has 1 aliphatic heterocycles. The van der Waals surface area contributed by atoms with Crippen LogP contribution < -0.4 is 5.32 Å². The highest BCUT2D eigenvalue weighted by atomic mass is 19.4. The summed E-state index contributed by atoms with van der Waals surface area (Å²) < 4.78 is 41.2. The van der Waals surface area contributed by atoms with E-state index in [4.69, 9.17) is 10.8 Å². The fourth-order valence-electron chi connectivity index (χ4n) is 3.69. The monoisotopic (exact) mass is 562 g/mol. The molecule has 2 aromatic rings. The van der Waals surface area contributed by atoms with E-state index in [-0.39, 0.29) is 30.5 Å². The van der Waals surface area contributed by atoms with E-state index in [0.717, 1.165) is 29.0 Å². The number of aromatic nitrogens is 2. The lowest BCUT2D eigenvalue weighted by molar-refractivity contribution is -0.162. The van der Waals surface area contributed by atoms with Crippen molar-refractivity contribution in [1.29, 1.82) is 10.8 Å². The van der Waals surface area contributed by atoms with Crippen molar-refractivity contribution in [3.63, 3.8) is 0 Å². The summed E-state index contributed by atoms with van der Waals surface area (Å²) in [6, 6.07) is 6.49. The van der Waals surface area contributed by atoms with Crippen LogP contribution in [0.25, 0.3) is 0 Å². The van der Waals surface area contributed by atoms with Gasteiger partial charge in [-0.1, -0.05) is 33.3 Å². The van der Waals surface area contributed by atoms with Crippen molar-refractivity contribution in [3.8, 4) is 0 Å². The zero-order chi connectivity index (χ0) is 29.9. The first-order chi connectivity index (χ1) is 18.8. The predicted octanol–water partition coefficient (Wildman–Crippen LogP) is 6.42. The van der Waals surface area contributed by atoms with Gasteiger partial charge in [-0.25, -0.2) is 9.78 Å². The fraction of sp³-hybridized carbons (Fsp3) is 0.500. The highest BCUT2D eigenvalue weighted by Gasteiger charge is 2.31. The van der Waals surface area contributed by atoms with Gasteiger partial charge in [0.1, 0.15) is 11.5 Å². The molecule has 2 aromatic heterocycles. The van der Waals surface area contributed by atoms with Crippen LogP contribution in [-0.2, 0) is 17.7 Å². The number of nitrogens with zero attached hydrogens (tertiary/aromatic N) is 3. The van der Waals surface area contributed by atoms with Crippen LogP contribution in [0, 0.1) is 16.7 Å². The van der Waals surface area contributed by atoms with Crippen LogP contribution in [0.4, 0.5) is 23.8 Å². The molecule has 0 bridgehead atoms. The number of unbranched alkanes of at least 4 members (excludes halogenated alkanes) is 1. The Morgan fingerprint density at radius 1 is 1.18 bits per heavy atom. The Balaban J connectivity index is 0.000000708. The van der Waals surface area contributed by atoms with Gasteiger partial charge in [0.05, 0.1) is 11.4 Å². The molecule has 0 spiro atoms.